The molecule has 1 fully saturated rings. The molecule has 1 N–H and O–H groups in total. The molecule has 29 heavy (non-hydrogen) atoms. The van der Waals surface area contributed by atoms with Gasteiger partial charge >= 0.3 is 6.09 Å². The topological polar surface area (TPSA) is 50.8 Å². The van der Waals surface area contributed by atoms with Gasteiger partial charge in [0.2, 0.25) is 0 Å². The van der Waals surface area contributed by atoms with E-state index in [1.54, 1.807) is 7.11 Å². The highest BCUT2D eigenvalue weighted by Gasteiger charge is 2.40. The minimum atomic E-state index is -0.446. The van der Waals surface area contributed by atoms with Crippen molar-refractivity contribution in [3.05, 3.63) is 53.6 Å². The van der Waals surface area contributed by atoms with Gasteiger partial charge in [0.25, 0.3) is 0 Å². The number of nitrogens with one attached hydrogen (secondary N) is 1. The fraction of sp³-hybridized carbons (Fsp3) is 0.435. The van der Waals surface area contributed by atoms with Crippen molar-refractivity contribution in [2.75, 3.05) is 23.9 Å². The van der Waals surface area contributed by atoms with Crippen molar-refractivity contribution in [3.63, 3.8) is 0 Å². The fourth-order valence-corrected chi connectivity index (χ4v) is 4.34. The van der Waals surface area contributed by atoms with E-state index < -0.39 is 6.09 Å². The number of methoxy groups -OCH3 is 1. The van der Waals surface area contributed by atoms with Crippen molar-refractivity contribution < 1.29 is 14.3 Å². The van der Waals surface area contributed by atoms with Gasteiger partial charge in [-0.25, -0.2) is 4.79 Å². The van der Waals surface area contributed by atoms with Gasteiger partial charge in [-0.15, -0.1) is 11.6 Å². The summed E-state index contributed by atoms with van der Waals surface area (Å²) < 4.78 is 10.6. The molecule has 1 saturated carbocycles. The molecule has 0 spiro atoms. The van der Waals surface area contributed by atoms with Crippen LogP contribution in [0.4, 0.5) is 16.2 Å². The van der Waals surface area contributed by atoms with E-state index in [0.29, 0.717) is 5.69 Å². The van der Waals surface area contributed by atoms with E-state index in [-0.39, 0.29) is 17.5 Å². The maximum absolute atomic E-state index is 11.8. The molecule has 2 aliphatic rings. The Balaban J connectivity index is 1.58. The number of carbonyl (C=O) groups excluding carboxylic acids is 1. The highest BCUT2D eigenvalue weighted by Crippen LogP contribution is 2.53. The summed E-state index contributed by atoms with van der Waals surface area (Å²) in [6, 6.07) is 14.1. The van der Waals surface area contributed by atoms with Crippen LogP contribution in [-0.4, -0.2) is 25.9 Å². The Hall–Kier alpha value is -2.40. The highest BCUT2D eigenvalue weighted by molar-refractivity contribution is 6.22. The van der Waals surface area contributed by atoms with Gasteiger partial charge in [-0.05, 0) is 61.9 Å². The molecule has 5 nitrogen and oxygen atoms in total. The first-order chi connectivity index (χ1) is 14.0. The molecule has 1 heterocycles. The van der Waals surface area contributed by atoms with Crippen molar-refractivity contribution in [2.24, 2.45) is 5.92 Å². The Labute approximate surface area is 176 Å². The zero-order chi connectivity index (χ0) is 20.5. The van der Waals surface area contributed by atoms with Gasteiger partial charge in [-0.2, -0.15) is 0 Å². The molecule has 1 aliphatic carbocycles. The number of halogens is 1. The third-order valence-electron chi connectivity index (χ3n) is 5.45. The van der Waals surface area contributed by atoms with Crippen LogP contribution in [0.1, 0.15) is 49.2 Å². The lowest BCUT2D eigenvalue weighted by atomic mass is 10.0. The third kappa shape index (κ3) is 4.30. The first-order valence-electron chi connectivity index (χ1n) is 10.1. The van der Waals surface area contributed by atoms with Crippen LogP contribution in [0.15, 0.2) is 42.5 Å². The van der Waals surface area contributed by atoms with Crippen LogP contribution in [-0.2, 0) is 4.74 Å². The zero-order valence-electron chi connectivity index (χ0n) is 17.0. The summed E-state index contributed by atoms with van der Waals surface area (Å²) in [7, 11) is 1.69. The summed E-state index contributed by atoms with van der Waals surface area (Å²) in [4.78, 5) is 14.3. The molecular formula is C23H27ClN2O3. The van der Waals surface area contributed by atoms with Crippen LogP contribution in [0.3, 0.4) is 0 Å². The predicted molar refractivity (Wildman–Crippen MR) is 116 cm³/mol. The van der Waals surface area contributed by atoms with E-state index in [1.807, 2.05) is 44.2 Å². The van der Waals surface area contributed by atoms with Gasteiger partial charge in [0.1, 0.15) is 5.75 Å². The van der Waals surface area contributed by atoms with Gasteiger partial charge in [0, 0.05) is 24.0 Å². The molecular weight excluding hydrogens is 388 g/mol. The fourth-order valence-electron chi connectivity index (χ4n) is 3.87. The Kier molecular flexibility index (Phi) is 5.59. The molecule has 2 aromatic rings. The number of hydrogen-bond acceptors (Lipinski definition) is 4. The molecule has 2 unspecified atom stereocenters. The Morgan fingerprint density at radius 1 is 1.21 bits per heavy atom. The Morgan fingerprint density at radius 3 is 2.55 bits per heavy atom. The highest BCUT2D eigenvalue weighted by atomic mass is 35.5. The monoisotopic (exact) mass is 414 g/mol. The third-order valence-corrected chi connectivity index (χ3v) is 5.92. The number of rotatable bonds is 6. The van der Waals surface area contributed by atoms with Gasteiger partial charge in [0.05, 0.1) is 24.6 Å². The summed E-state index contributed by atoms with van der Waals surface area (Å²) in [5, 5.41) is 2.62. The lowest BCUT2D eigenvalue weighted by Gasteiger charge is -2.29. The quantitative estimate of drug-likeness (QED) is 0.597. The maximum atomic E-state index is 11.8. The van der Waals surface area contributed by atoms with Crippen LogP contribution in [0.2, 0.25) is 0 Å². The molecule has 1 aliphatic heterocycles. The number of ether oxygens (including phenoxy) is 2. The van der Waals surface area contributed by atoms with Gasteiger partial charge in [-0.3, -0.25) is 5.32 Å². The number of alkyl halides is 1. The van der Waals surface area contributed by atoms with E-state index in [1.165, 1.54) is 12.8 Å². The van der Waals surface area contributed by atoms with Crippen LogP contribution in [0.5, 0.6) is 5.75 Å². The summed E-state index contributed by atoms with van der Waals surface area (Å²) in [6.45, 7) is 4.64. The average molecular weight is 415 g/mol. The summed E-state index contributed by atoms with van der Waals surface area (Å²) >= 11 is 6.95. The number of nitrogens with zero attached hydrogens (tertiary/aromatic N) is 1. The lowest BCUT2D eigenvalue weighted by molar-refractivity contribution is 0.130. The SMILES string of the molecule is COc1ccc2c(c1)N(CC1CC1)C(c1ccc(NC(=O)OC(C)C)cc1)C2Cl. The first-order valence-corrected chi connectivity index (χ1v) is 10.6. The minimum Gasteiger partial charge on any atom is -0.497 e. The Bertz CT molecular complexity index is 880. The molecule has 154 valence electrons. The van der Waals surface area contributed by atoms with Crippen molar-refractivity contribution >= 4 is 29.1 Å². The molecule has 0 aromatic heterocycles. The molecule has 1 amide bonds. The van der Waals surface area contributed by atoms with E-state index in [4.69, 9.17) is 21.1 Å². The number of hydrogen-bond donors (Lipinski definition) is 1. The van der Waals surface area contributed by atoms with Crippen LogP contribution in [0.25, 0.3) is 0 Å². The van der Waals surface area contributed by atoms with Crippen molar-refractivity contribution in [3.8, 4) is 5.75 Å². The molecule has 0 radical (unpaired) electrons. The van der Waals surface area contributed by atoms with E-state index >= 15 is 0 Å². The van der Waals surface area contributed by atoms with Gasteiger partial charge in [-0.1, -0.05) is 18.2 Å². The lowest BCUT2D eigenvalue weighted by Crippen LogP contribution is -2.28. The van der Waals surface area contributed by atoms with Crippen molar-refractivity contribution in [1.82, 2.24) is 0 Å². The molecule has 2 aromatic carbocycles. The van der Waals surface area contributed by atoms with Crippen molar-refractivity contribution in [1.29, 1.82) is 0 Å². The zero-order valence-corrected chi connectivity index (χ0v) is 17.8. The molecule has 2 atom stereocenters. The van der Waals surface area contributed by atoms with Crippen LogP contribution < -0.4 is 15.0 Å². The number of anilines is 2. The number of fused-ring (bicyclic) bond motifs is 1. The van der Waals surface area contributed by atoms with Crippen LogP contribution in [0, 0.1) is 5.92 Å². The molecule has 0 bridgehead atoms. The summed E-state index contributed by atoms with van der Waals surface area (Å²) in [5.41, 5.74) is 4.13. The summed E-state index contributed by atoms with van der Waals surface area (Å²) in [5.74, 6) is 1.57. The van der Waals surface area contributed by atoms with E-state index in [9.17, 15) is 4.79 Å². The van der Waals surface area contributed by atoms with E-state index in [2.05, 4.69) is 22.3 Å². The standard InChI is InChI=1S/C23H27ClN2O3/c1-14(2)29-23(27)25-17-8-6-16(7-9-17)22-21(24)19-11-10-18(28-3)12-20(19)26(22)13-15-4-5-15/h6-12,14-15,21-22H,4-5,13H2,1-3H3,(H,25,27). The second-order valence-corrected chi connectivity index (χ2v) is 8.54. The molecule has 6 heteroatoms. The largest absolute Gasteiger partial charge is 0.497 e. The minimum absolute atomic E-state index is 0.0519. The van der Waals surface area contributed by atoms with Gasteiger partial charge < -0.3 is 14.4 Å². The van der Waals surface area contributed by atoms with Crippen molar-refractivity contribution in [2.45, 2.75) is 44.2 Å². The average Bonchev–Trinajstić information content (AvgIpc) is 3.47. The predicted octanol–water partition coefficient (Wildman–Crippen LogP) is 5.90. The van der Waals surface area contributed by atoms with Gasteiger partial charge in [0.15, 0.2) is 0 Å². The Morgan fingerprint density at radius 2 is 1.93 bits per heavy atom. The smallest absolute Gasteiger partial charge is 0.411 e. The number of carbonyl (C=O) groups is 1. The second-order valence-electron chi connectivity index (χ2n) is 8.07. The maximum Gasteiger partial charge on any atom is 0.411 e. The first kappa shape index (κ1) is 19.9. The normalized spacial score (nSPS) is 20.5. The number of benzene rings is 2. The molecule has 4 rings (SSSR count). The second kappa shape index (κ2) is 8.15. The molecule has 0 saturated heterocycles. The van der Waals surface area contributed by atoms with Crippen LogP contribution >= 0.6 is 11.6 Å². The number of amides is 1. The van der Waals surface area contributed by atoms with E-state index in [0.717, 1.165) is 35.0 Å². The summed E-state index contributed by atoms with van der Waals surface area (Å²) in [6.07, 6.45) is 1.95.